The molecule has 3 aromatic rings. The summed E-state index contributed by atoms with van der Waals surface area (Å²) in [6, 6.07) is 31.4. The number of nitrogens with zero attached hydrogens (tertiary/aromatic N) is 2. The summed E-state index contributed by atoms with van der Waals surface area (Å²) in [5, 5.41) is 0. The molecule has 2 aliphatic rings. The van der Waals surface area contributed by atoms with E-state index in [1.165, 1.54) is 17.6 Å². The smallest absolute Gasteiger partial charge is 0.284 e. The van der Waals surface area contributed by atoms with Gasteiger partial charge in [0.05, 0.1) is 7.11 Å². The minimum Gasteiger partial charge on any atom is -0.468 e. The zero-order chi connectivity index (χ0) is 34.1. The third-order valence-corrected chi connectivity index (χ3v) is 9.09. The maximum atomic E-state index is 6.18. The molecule has 5 nitrogen and oxygen atoms in total. The number of benzene rings is 3. The topological polar surface area (TPSA) is 34.2 Å². The average molecular weight is 657 g/mol. The van der Waals surface area contributed by atoms with Crippen molar-refractivity contribution in [3.05, 3.63) is 169 Å². The lowest BCUT2D eigenvalue weighted by molar-refractivity contribution is 0.139. The van der Waals surface area contributed by atoms with Gasteiger partial charge in [0.15, 0.2) is 0 Å². The highest BCUT2D eigenvalue weighted by Crippen LogP contribution is 2.30. The molecule has 5 heteroatoms. The molecule has 0 aliphatic heterocycles. The summed E-state index contributed by atoms with van der Waals surface area (Å²) in [5.74, 6) is 3.62. The van der Waals surface area contributed by atoms with Crippen LogP contribution in [0.4, 0.5) is 0 Å². The first-order chi connectivity index (χ1) is 24.1. The lowest BCUT2D eigenvalue weighted by Gasteiger charge is -2.41. The predicted molar refractivity (Wildman–Crippen MR) is 202 cm³/mol. The van der Waals surface area contributed by atoms with Crippen molar-refractivity contribution in [1.82, 2.24) is 9.80 Å². The van der Waals surface area contributed by atoms with E-state index in [0.717, 1.165) is 62.5 Å². The maximum Gasteiger partial charge on any atom is 0.284 e. The number of hydrogen-bond donors (Lipinski definition) is 0. The molecule has 3 unspecified atom stereocenters. The van der Waals surface area contributed by atoms with E-state index in [1.54, 1.807) is 7.11 Å². The molecule has 0 heterocycles. The van der Waals surface area contributed by atoms with E-state index in [4.69, 9.17) is 14.2 Å². The Labute approximate surface area is 294 Å². The molecule has 0 aromatic heterocycles. The summed E-state index contributed by atoms with van der Waals surface area (Å²) in [6.07, 6.45) is 26.3. The Morgan fingerprint density at radius 3 is 1.94 bits per heavy atom. The van der Waals surface area contributed by atoms with Crippen molar-refractivity contribution in [2.24, 2.45) is 5.92 Å². The predicted octanol–water partition coefficient (Wildman–Crippen LogP) is 10.6. The second-order valence-electron chi connectivity index (χ2n) is 12.8. The quantitative estimate of drug-likeness (QED) is 0.113. The number of para-hydroxylation sites is 2. The summed E-state index contributed by atoms with van der Waals surface area (Å²) in [5.41, 5.74) is 2.69. The number of ether oxygens (including phenoxy) is 3. The molecule has 49 heavy (non-hydrogen) atoms. The first-order valence-electron chi connectivity index (χ1n) is 17.8. The van der Waals surface area contributed by atoms with Crippen LogP contribution in [0.5, 0.6) is 11.5 Å². The minimum atomic E-state index is 0.396. The van der Waals surface area contributed by atoms with E-state index in [9.17, 15) is 0 Å². The lowest BCUT2D eigenvalue weighted by Crippen LogP contribution is -2.43. The minimum absolute atomic E-state index is 0.396. The van der Waals surface area contributed by atoms with E-state index in [2.05, 4.69) is 103 Å². The molecule has 0 bridgehead atoms. The van der Waals surface area contributed by atoms with Gasteiger partial charge < -0.3 is 24.0 Å². The molecule has 0 radical (unpaired) electrons. The molecule has 0 spiro atoms. The molecule has 0 amide bonds. The third kappa shape index (κ3) is 11.6. The summed E-state index contributed by atoms with van der Waals surface area (Å²) in [7, 11) is 1.65. The average Bonchev–Trinajstić information content (AvgIpc) is 3.15. The van der Waals surface area contributed by atoms with Gasteiger partial charge in [-0.3, -0.25) is 0 Å². The van der Waals surface area contributed by atoms with Gasteiger partial charge >= 0.3 is 0 Å². The summed E-state index contributed by atoms with van der Waals surface area (Å²) < 4.78 is 17.7. The normalized spacial score (nSPS) is 19.9. The second kappa shape index (κ2) is 19.2. The van der Waals surface area contributed by atoms with Crippen LogP contribution in [0, 0.1) is 5.92 Å². The molecular weight excluding hydrogens is 604 g/mol. The number of rotatable bonds is 16. The molecule has 0 saturated heterocycles. The van der Waals surface area contributed by atoms with Crippen LogP contribution in [0.25, 0.3) is 0 Å². The van der Waals surface area contributed by atoms with Crippen LogP contribution >= 0.6 is 0 Å². The number of methoxy groups -OCH3 is 1. The molecule has 3 aromatic carbocycles. The van der Waals surface area contributed by atoms with E-state index in [-0.39, 0.29) is 0 Å². The van der Waals surface area contributed by atoms with E-state index in [1.807, 2.05) is 66.7 Å². The van der Waals surface area contributed by atoms with Crippen LogP contribution < -0.4 is 9.47 Å². The molecular formula is C44H52N2O3. The molecule has 2 aliphatic carbocycles. The van der Waals surface area contributed by atoms with Crippen LogP contribution in [0.15, 0.2) is 163 Å². The van der Waals surface area contributed by atoms with Crippen molar-refractivity contribution in [2.75, 3.05) is 13.7 Å². The standard InChI is InChI=1S/C44H52N2O3/c1-4-41(48-42-21-10-6-11-22-42)25-15-31-45(34-37-17-8-5-9-18-37)39-19-14-20-40(33-39)46(35-38-29-27-36(2)28-30-38)32-16-26-44(47-3)49-43-23-12-7-13-24-43/h5-13,15-18,21-27,29-32,36,39-40H,4,14,19-20,28,33-35H2,1-3H3/b31-15+,32-16+,41-25-,44-26-. The molecule has 1 saturated carbocycles. The fraction of sp³-hybridized carbons (Fsp3) is 0.318. The highest BCUT2D eigenvalue weighted by atomic mass is 16.7. The molecule has 256 valence electrons. The van der Waals surface area contributed by atoms with Gasteiger partial charge in [0, 0.05) is 37.7 Å². The zero-order valence-electron chi connectivity index (χ0n) is 29.4. The molecule has 1 fully saturated rings. The van der Waals surface area contributed by atoms with Gasteiger partial charge in [0.2, 0.25) is 0 Å². The van der Waals surface area contributed by atoms with E-state index >= 15 is 0 Å². The van der Waals surface area contributed by atoms with E-state index in [0.29, 0.717) is 23.9 Å². The largest absolute Gasteiger partial charge is 0.468 e. The fourth-order valence-corrected chi connectivity index (χ4v) is 6.35. The molecule has 0 N–H and O–H groups in total. The van der Waals surface area contributed by atoms with Crippen LogP contribution in [0.1, 0.15) is 57.9 Å². The Balaban J connectivity index is 1.35. The Bertz CT molecular complexity index is 1590. The van der Waals surface area contributed by atoms with Gasteiger partial charge in [-0.1, -0.05) is 98.8 Å². The van der Waals surface area contributed by atoms with Gasteiger partial charge in [-0.05, 0) is 104 Å². The summed E-state index contributed by atoms with van der Waals surface area (Å²) in [4.78, 5) is 5.06. The Kier molecular flexibility index (Phi) is 13.9. The van der Waals surface area contributed by atoms with Crippen LogP contribution in [0.3, 0.4) is 0 Å². The Morgan fingerprint density at radius 1 is 0.755 bits per heavy atom. The first kappa shape index (κ1) is 35.4. The Hall–Kier alpha value is -4.90. The van der Waals surface area contributed by atoms with Crippen LogP contribution in [0.2, 0.25) is 0 Å². The maximum absolute atomic E-state index is 6.18. The Morgan fingerprint density at radius 2 is 1.35 bits per heavy atom. The van der Waals surface area contributed by atoms with E-state index < -0.39 is 0 Å². The molecule has 3 atom stereocenters. The number of hydrogen-bond acceptors (Lipinski definition) is 5. The van der Waals surface area contributed by atoms with Gasteiger partial charge in [-0.15, -0.1) is 0 Å². The monoisotopic (exact) mass is 656 g/mol. The lowest BCUT2D eigenvalue weighted by atomic mass is 9.88. The van der Waals surface area contributed by atoms with Crippen molar-refractivity contribution in [3.8, 4) is 11.5 Å². The summed E-state index contributed by atoms with van der Waals surface area (Å²) in [6.45, 7) is 6.15. The van der Waals surface area contributed by atoms with Crippen molar-refractivity contribution >= 4 is 0 Å². The SMILES string of the molecule is CC/C(=C/C=C/N(Cc1ccccc1)C1CCCC(N(/C=C/C=C(/OC)Oc2ccccc2)CC2=CCC(C)C=C2)C1)Oc1ccccc1. The first-order valence-corrected chi connectivity index (χ1v) is 17.8. The third-order valence-electron chi connectivity index (χ3n) is 9.09. The highest BCUT2D eigenvalue weighted by molar-refractivity contribution is 5.27. The van der Waals surface area contributed by atoms with Gasteiger partial charge in [0.25, 0.3) is 5.95 Å². The van der Waals surface area contributed by atoms with Crippen molar-refractivity contribution in [3.63, 3.8) is 0 Å². The highest BCUT2D eigenvalue weighted by Gasteiger charge is 2.28. The van der Waals surface area contributed by atoms with Gasteiger partial charge in [-0.2, -0.15) is 0 Å². The second-order valence-corrected chi connectivity index (χ2v) is 12.8. The van der Waals surface area contributed by atoms with Crippen LogP contribution in [-0.4, -0.2) is 35.5 Å². The number of allylic oxidation sites excluding steroid dienone is 7. The molecule has 5 rings (SSSR count). The van der Waals surface area contributed by atoms with Gasteiger partial charge in [-0.25, -0.2) is 0 Å². The van der Waals surface area contributed by atoms with Crippen molar-refractivity contribution in [2.45, 2.75) is 71.0 Å². The fourth-order valence-electron chi connectivity index (χ4n) is 6.35. The van der Waals surface area contributed by atoms with Crippen LogP contribution in [-0.2, 0) is 11.3 Å². The summed E-state index contributed by atoms with van der Waals surface area (Å²) >= 11 is 0. The zero-order valence-corrected chi connectivity index (χ0v) is 29.4. The van der Waals surface area contributed by atoms with Gasteiger partial charge in [0.1, 0.15) is 17.3 Å². The van der Waals surface area contributed by atoms with Crippen molar-refractivity contribution in [1.29, 1.82) is 0 Å². The van der Waals surface area contributed by atoms with Crippen molar-refractivity contribution < 1.29 is 14.2 Å².